The van der Waals surface area contributed by atoms with Crippen molar-refractivity contribution in [2.45, 2.75) is 0 Å². The highest BCUT2D eigenvalue weighted by Crippen LogP contribution is 2.30. The number of nitrogens with two attached hydrogens (primary N) is 1. The van der Waals surface area contributed by atoms with Crippen molar-refractivity contribution in [1.82, 2.24) is 0 Å². The summed E-state index contributed by atoms with van der Waals surface area (Å²) >= 11 is 5.76. The van der Waals surface area contributed by atoms with E-state index in [0.717, 1.165) is 0 Å². The van der Waals surface area contributed by atoms with Crippen molar-refractivity contribution in [3.63, 3.8) is 0 Å². The van der Waals surface area contributed by atoms with Crippen molar-refractivity contribution >= 4 is 24.4 Å². The monoisotopic (exact) mass is 283 g/mol. The Kier molecular flexibility index (Phi) is 3.73. The van der Waals surface area contributed by atoms with E-state index in [9.17, 15) is 9.46 Å². The lowest BCUT2D eigenvalue weighted by Crippen LogP contribution is -2.10. The number of benzene rings is 2. The van der Waals surface area contributed by atoms with E-state index < -0.39 is 7.52 Å². The standard InChI is InChI=1S/C12H11ClNO3P/c13-9-1-3-10(4-2-9)17-11-5-7-12(8-6-11)18(14,15)16/h1-8H,(H3,14,15,16). The first-order valence-corrected chi connectivity index (χ1v) is 7.21. The first kappa shape index (κ1) is 13.1. The molecule has 2 rings (SSSR count). The molecule has 1 unspecified atom stereocenters. The van der Waals surface area contributed by atoms with Crippen LogP contribution < -0.4 is 15.5 Å². The fraction of sp³-hybridized carbons (Fsp3) is 0. The molecule has 0 aliphatic rings. The van der Waals surface area contributed by atoms with Crippen molar-refractivity contribution in [1.29, 1.82) is 0 Å². The Balaban J connectivity index is 2.16. The molecule has 3 N–H and O–H groups in total. The Morgan fingerprint density at radius 3 is 1.89 bits per heavy atom. The van der Waals surface area contributed by atoms with Gasteiger partial charge in [-0.05, 0) is 48.5 Å². The lowest BCUT2D eigenvalue weighted by molar-refractivity contribution is 0.482. The maximum atomic E-state index is 11.2. The van der Waals surface area contributed by atoms with Crippen molar-refractivity contribution in [2.75, 3.05) is 0 Å². The quantitative estimate of drug-likeness (QED) is 0.850. The molecule has 2 aromatic carbocycles. The van der Waals surface area contributed by atoms with E-state index in [1.807, 2.05) is 0 Å². The van der Waals surface area contributed by atoms with Crippen LogP contribution in [0.1, 0.15) is 0 Å². The fourth-order valence-corrected chi connectivity index (χ4v) is 2.07. The van der Waals surface area contributed by atoms with Gasteiger partial charge in [-0.25, -0.2) is 0 Å². The van der Waals surface area contributed by atoms with Gasteiger partial charge < -0.3 is 9.63 Å². The number of halogens is 1. The van der Waals surface area contributed by atoms with Crippen molar-refractivity contribution in [3.8, 4) is 11.5 Å². The molecule has 0 spiro atoms. The lowest BCUT2D eigenvalue weighted by atomic mass is 10.3. The maximum Gasteiger partial charge on any atom is 0.294 e. The van der Waals surface area contributed by atoms with Gasteiger partial charge in [-0.2, -0.15) is 0 Å². The summed E-state index contributed by atoms with van der Waals surface area (Å²) < 4.78 is 16.7. The molecule has 0 saturated carbocycles. The molecule has 0 heterocycles. The largest absolute Gasteiger partial charge is 0.457 e. The zero-order chi connectivity index (χ0) is 13.2. The van der Waals surface area contributed by atoms with Gasteiger partial charge in [-0.3, -0.25) is 10.1 Å². The van der Waals surface area contributed by atoms with E-state index in [4.69, 9.17) is 21.8 Å². The highest BCUT2D eigenvalue weighted by molar-refractivity contribution is 7.63. The zero-order valence-corrected chi connectivity index (χ0v) is 10.9. The molecule has 0 radical (unpaired) electrons. The summed E-state index contributed by atoms with van der Waals surface area (Å²) in [6.07, 6.45) is 0. The molecule has 94 valence electrons. The van der Waals surface area contributed by atoms with Gasteiger partial charge in [0.05, 0.1) is 5.30 Å². The Bertz CT molecular complexity index is 577. The minimum atomic E-state index is -3.70. The summed E-state index contributed by atoms with van der Waals surface area (Å²) in [6, 6.07) is 13.0. The highest BCUT2D eigenvalue weighted by Gasteiger charge is 2.13. The second-order valence-corrected chi connectivity index (χ2v) is 5.87. The van der Waals surface area contributed by atoms with E-state index >= 15 is 0 Å². The number of ether oxygens (including phenoxy) is 1. The normalized spacial score (nSPS) is 13.9. The molecule has 0 aliphatic heterocycles. The third kappa shape index (κ3) is 3.34. The van der Waals surface area contributed by atoms with E-state index in [2.05, 4.69) is 0 Å². The summed E-state index contributed by atoms with van der Waals surface area (Å²) in [5, 5.41) is 0.813. The first-order valence-electron chi connectivity index (χ1n) is 5.10. The number of hydrogen-bond acceptors (Lipinski definition) is 2. The van der Waals surface area contributed by atoms with Crippen LogP contribution in [-0.4, -0.2) is 4.89 Å². The molecule has 0 bridgehead atoms. The minimum absolute atomic E-state index is 0.186. The fourth-order valence-electron chi connectivity index (χ4n) is 1.37. The van der Waals surface area contributed by atoms with Crippen LogP contribution in [0.2, 0.25) is 5.02 Å². The summed E-state index contributed by atoms with van der Waals surface area (Å²) in [5.41, 5.74) is 5.13. The molecule has 0 amide bonds. The van der Waals surface area contributed by atoms with Crippen molar-refractivity contribution in [3.05, 3.63) is 53.6 Å². The Labute approximate surface area is 109 Å². The average molecular weight is 284 g/mol. The van der Waals surface area contributed by atoms with Gasteiger partial charge in [-0.1, -0.05) is 11.6 Å². The van der Waals surface area contributed by atoms with Crippen LogP contribution >= 0.6 is 19.1 Å². The molecule has 0 fully saturated rings. The molecular weight excluding hydrogens is 273 g/mol. The summed E-state index contributed by atoms with van der Waals surface area (Å²) in [5.74, 6) is 1.18. The number of hydrogen-bond donors (Lipinski definition) is 2. The Morgan fingerprint density at radius 1 is 1.00 bits per heavy atom. The van der Waals surface area contributed by atoms with Gasteiger partial charge >= 0.3 is 0 Å². The maximum absolute atomic E-state index is 11.2. The summed E-state index contributed by atoms with van der Waals surface area (Å²) in [7, 11) is -3.70. The lowest BCUT2D eigenvalue weighted by Gasteiger charge is -2.08. The molecule has 6 heteroatoms. The third-order valence-corrected chi connectivity index (χ3v) is 3.55. The predicted molar refractivity (Wildman–Crippen MR) is 71.6 cm³/mol. The summed E-state index contributed by atoms with van der Waals surface area (Å²) in [4.78, 5) is 9.18. The van der Waals surface area contributed by atoms with Crippen molar-refractivity contribution < 1.29 is 14.2 Å². The van der Waals surface area contributed by atoms with E-state index in [1.165, 1.54) is 12.1 Å². The first-order chi connectivity index (χ1) is 8.45. The van der Waals surface area contributed by atoms with Gasteiger partial charge in [-0.15, -0.1) is 0 Å². The highest BCUT2D eigenvalue weighted by atomic mass is 35.5. The predicted octanol–water partition coefficient (Wildman–Crippen LogP) is 2.90. The van der Waals surface area contributed by atoms with Crippen molar-refractivity contribution in [2.24, 2.45) is 5.50 Å². The molecular formula is C12H11ClNO3P. The smallest absolute Gasteiger partial charge is 0.294 e. The van der Waals surface area contributed by atoms with Gasteiger partial charge in [0.25, 0.3) is 7.52 Å². The van der Waals surface area contributed by atoms with Gasteiger partial charge in [0, 0.05) is 5.02 Å². The molecule has 0 aliphatic carbocycles. The van der Waals surface area contributed by atoms with E-state index in [-0.39, 0.29) is 5.30 Å². The molecule has 18 heavy (non-hydrogen) atoms. The summed E-state index contributed by atoms with van der Waals surface area (Å²) in [6.45, 7) is 0. The van der Waals surface area contributed by atoms with E-state index in [1.54, 1.807) is 36.4 Å². The Morgan fingerprint density at radius 2 is 1.44 bits per heavy atom. The SMILES string of the molecule is NP(=O)(O)c1ccc(Oc2ccc(Cl)cc2)cc1. The van der Waals surface area contributed by atoms with Gasteiger partial charge in [0.1, 0.15) is 11.5 Å². The molecule has 4 nitrogen and oxygen atoms in total. The topological polar surface area (TPSA) is 72.6 Å². The minimum Gasteiger partial charge on any atom is -0.457 e. The zero-order valence-electron chi connectivity index (χ0n) is 9.29. The van der Waals surface area contributed by atoms with Crippen LogP contribution in [0, 0.1) is 0 Å². The Hall–Kier alpha value is -1.32. The molecule has 0 aromatic heterocycles. The molecule has 0 saturated heterocycles. The average Bonchev–Trinajstić information content (AvgIpc) is 2.32. The van der Waals surface area contributed by atoms with Crippen LogP contribution in [0.15, 0.2) is 48.5 Å². The van der Waals surface area contributed by atoms with Gasteiger partial charge in [0.2, 0.25) is 0 Å². The van der Waals surface area contributed by atoms with Crippen LogP contribution in [0.5, 0.6) is 11.5 Å². The van der Waals surface area contributed by atoms with Gasteiger partial charge in [0.15, 0.2) is 0 Å². The van der Waals surface area contributed by atoms with E-state index in [0.29, 0.717) is 16.5 Å². The second kappa shape index (κ2) is 5.12. The van der Waals surface area contributed by atoms with Crippen LogP contribution in [-0.2, 0) is 4.57 Å². The van der Waals surface area contributed by atoms with Crippen LogP contribution in [0.25, 0.3) is 0 Å². The molecule has 1 atom stereocenters. The van der Waals surface area contributed by atoms with Crippen LogP contribution in [0.4, 0.5) is 0 Å². The second-order valence-electron chi connectivity index (χ2n) is 3.67. The third-order valence-electron chi connectivity index (χ3n) is 2.26. The van der Waals surface area contributed by atoms with Crippen LogP contribution in [0.3, 0.4) is 0 Å². The molecule has 2 aromatic rings. The number of rotatable bonds is 3.